The van der Waals surface area contributed by atoms with Crippen molar-refractivity contribution in [2.75, 3.05) is 0 Å². The molecule has 0 aliphatic carbocycles. The first-order valence-electron chi connectivity index (χ1n) is 9.22. The van der Waals surface area contributed by atoms with Gasteiger partial charge in [-0.05, 0) is 55.3 Å². The summed E-state index contributed by atoms with van der Waals surface area (Å²) in [5, 5.41) is 0. The number of para-hydroxylation sites is 1. The number of carbonyl (C=O) groups excluding carboxylic acids is 2. The van der Waals surface area contributed by atoms with E-state index in [4.69, 9.17) is 9.47 Å². The minimum Gasteiger partial charge on any atom is -0.479 e. The van der Waals surface area contributed by atoms with Gasteiger partial charge in [0.2, 0.25) is 0 Å². The van der Waals surface area contributed by atoms with Gasteiger partial charge in [0.05, 0.1) is 0 Å². The number of benzene rings is 3. The Kier molecular flexibility index (Phi) is 6.22. The molecule has 0 N–H and O–H groups in total. The van der Waals surface area contributed by atoms with Crippen LogP contribution in [0.4, 0.5) is 0 Å². The van der Waals surface area contributed by atoms with Gasteiger partial charge in [0.25, 0.3) is 0 Å². The summed E-state index contributed by atoms with van der Waals surface area (Å²) >= 11 is 0. The molecule has 1 atom stereocenters. The zero-order valence-corrected chi connectivity index (χ0v) is 15.9. The predicted octanol–water partition coefficient (Wildman–Crippen LogP) is 4.99. The van der Waals surface area contributed by atoms with E-state index in [-0.39, 0.29) is 5.78 Å². The van der Waals surface area contributed by atoms with Crippen LogP contribution in [0.1, 0.15) is 34.8 Å². The predicted molar refractivity (Wildman–Crippen MR) is 108 cm³/mol. The Morgan fingerprint density at radius 2 is 1.46 bits per heavy atom. The molecule has 0 bridgehead atoms. The van der Waals surface area contributed by atoms with Gasteiger partial charge in [0, 0.05) is 11.1 Å². The summed E-state index contributed by atoms with van der Waals surface area (Å²) in [6, 6.07) is 23.2. The molecular formula is C24H22O4. The van der Waals surface area contributed by atoms with Crippen LogP contribution in [0.2, 0.25) is 0 Å². The molecule has 142 valence electrons. The zero-order chi connectivity index (χ0) is 19.9. The van der Waals surface area contributed by atoms with Crippen molar-refractivity contribution in [3.05, 3.63) is 95.6 Å². The molecule has 0 heterocycles. The quantitative estimate of drug-likeness (QED) is 0.332. The monoisotopic (exact) mass is 374 g/mol. The number of ketones is 1. The molecule has 0 spiro atoms. The maximum absolute atomic E-state index is 12.7. The fourth-order valence-corrected chi connectivity index (χ4v) is 2.80. The molecule has 0 saturated heterocycles. The van der Waals surface area contributed by atoms with Crippen molar-refractivity contribution in [1.82, 2.24) is 0 Å². The van der Waals surface area contributed by atoms with Crippen molar-refractivity contribution in [3.63, 3.8) is 0 Å². The third-order valence-electron chi connectivity index (χ3n) is 4.38. The number of esters is 1. The average Bonchev–Trinajstić information content (AvgIpc) is 2.73. The van der Waals surface area contributed by atoms with Crippen molar-refractivity contribution in [2.45, 2.75) is 26.4 Å². The lowest BCUT2D eigenvalue weighted by molar-refractivity contribution is -0.142. The number of ether oxygens (including phenoxy) is 2. The van der Waals surface area contributed by atoms with E-state index in [1.807, 2.05) is 44.2 Å². The lowest BCUT2D eigenvalue weighted by Gasteiger charge is -2.16. The smallest absolute Gasteiger partial charge is 0.352 e. The Morgan fingerprint density at radius 3 is 2.11 bits per heavy atom. The molecule has 3 aromatic rings. The standard InChI is InChI=1S/C24H22O4/c1-3-22(24(26)28-19-10-5-4-6-11-19)27-20-15-13-18(14-16-20)23(25)21-12-8-7-9-17(21)2/h4-16,22H,3H2,1-2H3. The molecular weight excluding hydrogens is 352 g/mol. The summed E-state index contributed by atoms with van der Waals surface area (Å²) in [7, 11) is 0. The van der Waals surface area contributed by atoms with Crippen LogP contribution < -0.4 is 9.47 Å². The molecule has 28 heavy (non-hydrogen) atoms. The Balaban J connectivity index is 1.68. The third kappa shape index (κ3) is 4.65. The molecule has 0 fully saturated rings. The van der Waals surface area contributed by atoms with Crippen LogP contribution in [0.15, 0.2) is 78.9 Å². The van der Waals surface area contributed by atoms with Crippen LogP contribution >= 0.6 is 0 Å². The van der Waals surface area contributed by atoms with E-state index in [9.17, 15) is 9.59 Å². The van der Waals surface area contributed by atoms with Gasteiger partial charge in [0.15, 0.2) is 11.9 Å². The first-order chi connectivity index (χ1) is 13.6. The van der Waals surface area contributed by atoms with Gasteiger partial charge >= 0.3 is 5.97 Å². The van der Waals surface area contributed by atoms with Crippen LogP contribution in [0, 0.1) is 6.92 Å². The van der Waals surface area contributed by atoms with Crippen LogP contribution in [0.5, 0.6) is 11.5 Å². The highest BCUT2D eigenvalue weighted by Gasteiger charge is 2.21. The molecule has 0 aliphatic rings. The second kappa shape index (κ2) is 9.00. The number of carbonyl (C=O) groups is 2. The molecule has 3 rings (SSSR count). The van der Waals surface area contributed by atoms with Gasteiger partial charge in [0.1, 0.15) is 11.5 Å². The number of hydrogen-bond donors (Lipinski definition) is 0. The average molecular weight is 374 g/mol. The summed E-state index contributed by atoms with van der Waals surface area (Å²) in [5.74, 6) is 0.501. The summed E-state index contributed by atoms with van der Waals surface area (Å²) < 4.78 is 11.1. The molecule has 3 aromatic carbocycles. The normalized spacial score (nSPS) is 11.5. The van der Waals surface area contributed by atoms with E-state index in [1.54, 1.807) is 48.5 Å². The van der Waals surface area contributed by atoms with Crippen LogP contribution in [-0.4, -0.2) is 17.9 Å². The minimum atomic E-state index is -0.724. The lowest BCUT2D eigenvalue weighted by Crippen LogP contribution is -2.30. The molecule has 4 heteroatoms. The van der Waals surface area contributed by atoms with E-state index in [0.29, 0.717) is 29.0 Å². The van der Waals surface area contributed by atoms with Gasteiger partial charge in [-0.2, -0.15) is 0 Å². The van der Waals surface area contributed by atoms with E-state index in [2.05, 4.69) is 0 Å². The largest absolute Gasteiger partial charge is 0.479 e. The van der Waals surface area contributed by atoms with Gasteiger partial charge in [-0.25, -0.2) is 4.79 Å². The third-order valence-corrected chi connectivity index (χ3v) is 4.38. The second-order valence-electron chi connectivity index (χ2n) is 6.42. The Hall–Kier alpha value is -3.40. The molecule has 0 amide bonds. The SMILES string of the molecule is CCC(Oc1ccc(C(=O)c2ccccc2C)cc1)C(=O)Oc1ccccc1. The van der Waals surface area contributed by atoms with Crippen molar-refractivity contribution in [2.24, 2.45) is 0 Å². The highest BCUT2D eigenvalue weighted by atomic mass is 16.6. The molecule has 1 unspecified atom stereocenters. The maximum atomic E-state index is 12.7. The summed E-state index contributed by atoms with van der Waals surface area (Å²) in [6.45, 7) is 3.77. The maximum Gasteiger partial charge on any atom is 0.352 e. The summed E-state index contributed by atoms with van der Waals surface area (Å²) in [6.07, 6.45) is -0.256. The highest BCUT2D eigenvalue weighted by Crippen LogP contribution is 2.20. The van der Waals surface area contributed by atoms with Crippen molar-refractivity contribution in [1.29, 1.82) is 0 Å². The Morgan fingerprint density at radius 1 is 0.821 bits per heavy atom. The molecule has 4 nitrogen and oxygen atoms in total. The van der Waals surface area contributed by atoms with E-state index in [0.717, 1.165) is 5.56 Å². The van der Waals surface area contributed by atoms with Crippen LogP contribution in [0.25, 0.3) is 0 Å². The first kappa shape index (κ1) is 19.4. The highest BCUT2D eigenvalue weighted by molar-refractivity contribution is 6.09. The van der Waals surface area contributed by atoms with Crippen LogP contribution in [0.3, 0.4) is 0 Å². The molecule has 0 aliphatic heterocycles. The van der Waals surface area contributed by atoms with Gasteiger partial charge in [-0.1, -0.05) is 49.4 Å². The first-order valence-corrected chi connectivity index (χ1v) is 9.22. The minimum absolute atomic E-state index is 0.0415. The zero-order valence-electron chi connectivity index (χ0n) is 15.9. The van der Waals surface area contributed by atoms with Crippen molar-refractivity contribution in [3.8, 4) is 11.5 Å². The van der Waals surface area contributed by atoms with Gasteiger partial charge in [-0.3, -0.25) is 4.79 Å². The lowest BCUT2D eigenvalue weighted by atomic mass is 9.99. The summed E-state index contributed by atoms with van der Waals surface area (Å²) in [4.78, 5) is 25.0. The van der Waals surface area contributed by atoms with Crippen LogP contribution in [-0.2, 0) is 4.79 Å². The topological polar surface area (TPSA) is 52.6 Å². The van der Waals surface area contributed by atoms with E-state index < -0.39 is 12.1 Å². The number of rotatable bonds is 7. The molecule has 0 radical (unpaired) electrons. The number of aryl methyl sites for hydroxylation is 1. The fourth-order valence-electron chi connectivity index (χ4n) is 2.80. The second-order valence-corrected chi connectivity index (χ2v) is 6.42. The van der Waals surface area contributed by atoms with Gasteiger partial charge < -0.3 is 9.47 Å². The van der Waals surface area contributed by atoms with E-state index >= 15 is 0 Å². The molecule has 0 saturated carbocycles. The van der Waals surface area contributed by atoms with E-state index in [1.165, 1.54) is 0 Å². The number of hydrogen-bond acceptors (Lipinski definition) is 4. The molecule has 0 aromatic heterocycles. The van der Waals surface area contributed by atoms with Crippen molar-refractivity contribution >= 4 is 11.8 Å². The Labute approximate surface area is 164 Å². The van der Waals surface area contributed by atoms with Crippen molar-refractivity contribution < 1.29 is 19.1 Å². The Bertz CT molecular complexity index is 946. The summed E-state index contributed by atoms with van der Waals surface area (Å²) in [5.41, 5.74) is 2.18. The fraction of sp³-hybridized carbons (Fsp3) is 0.167. The van der Waals surface area contributed by atoms with Gasteiger partial charge in [-0.15, -0.1) is 0 Å².